The Balaban J connectivity index is 1.54. The molecular formula is C42H28. The quantitative estimate of drug-likeness (QED) is 0.198. The van der Waals surface area contributed by atoms with Crippen molar-refractivity contribution in [3.8, 4) is 44.5 Å². The Hall–Kier alpha value is -5.46. The van der Waals surface area contributed by atoms with Crippen LogP contribution >= 0.6 is 0 Å². The first-order chi connectivity index (χ1) is 20.8. The fourth-order valence-corrected chi connectivity index (χ4v) is 6.38. The van der Waals surface area contributed by atoms with Crippen molar-refractivity contribution in [1.29, 1.82) is 0 Å². The second-order valence-corrected chi connectivity index (χ2v) is 10.9. The van der Waals surface area contributed by atoms with Crippen molar-refractivity contribution in [2.75, 3.05) is 0 Å². The molecule has 0 aliphatic carbocycles. The first kappa shape index (κ1) is 24.3. The fourth-order valence-electron chi connectivity index (χ4n) is 6.38. The highest BCUT2D eigenvalue weighted by molar-refractivity contribution is 6.24. The van der Waals surface area contributed by atoms with Gasteiger partial charge in [0.05, 0.1) is 0 Å². The van der Waals surface area contributed by atoms with Crippen LogP contribution in [-0.2, 0) is 0 Å². The minimum absolute atomic E-state index is 1.23. The summed E-state index contributed by atoms with van der Waals surface area (Å²) in [6.07, 6.45) is 0. The Kier molecular flexibility index (Phi) is 5.90. The zero-order valence-corrected chi connectivity index (χ0v) is 23.2. The lowest BCUT2D eigenvalue weighted by Crippen LogP contribution is -1.90. The smallest absolute Gasteiger partial charge is 0.00921 e. The third kappa shape index (κ3) is 4.17. The lowest BCUT2D eigenvalue weighted by molar-refractivity contribution is 1.63. The van der Waals surface area contributed by atoms with Crippen LogP contribution in [0.15, 0.2) is 170 Å². The second-order valence-electron chi connectivity index (χ2n) is 10.9. The molecule has 0 radical (unpaired) electrons. The van der Waals surface area contributed by atoms with Crippen molar-refractivity contribution in [3.05, 3.63) is 170 Å². The lowest BCUT2D eigenvalue weighted by atomic mass is 9.86. The van der Waals surface area contributed by atoms with Gasteiger partial charge in [0.15, 0.2) is 0 Å². The van der Waals surface area contributed by atoms with Crippen molar-refractivity contribution in [2.45, 2.75) is 0 Å². The molecule has 8 aromatic rings. The number of fused-ring (bicyclic) bond motifs is 5. The van der Waals surface area contributed by atoms with Crippen LogP contribution in [0.4, 0.5) is 0 Å². The van der Waals surface area contributed by atoms with Crippen LogP contribution < -0.4 is 0 Å². The van der Waals surface area contributed by atoms with Crippen LogP contribution in [0.2, 0.25) is 0 Å². The molecule has 0 atom stereocenters. The molecule has 0 heteroatoms. The number of hydrogen-bond acceptors (Lipinski definition) is 0. The molecular weight excluding hydrogens is 504 g/mol. The van der Waals surface area contributed by atoms with Crippen LogP contribution in [-0.4, -0.2) is 0 Å². The summed E-state index contributed by atoms with van der Waals surface area (Å²) in [5.41, 5.74) is 9.91. The molecule has 0 saturated heterocycles. The molecule has 0 bridgehead atoms. The Morgan fingerprint density at radius 2 is 0.500 bits per heavy atom. The molecule has 0 aliphatic rings. The molecule has 0 fully saturated rings. The first-order valence-corrected chi connectivity index (χ1v) is 14.5. The van der Waals surface area contributed by atoms with Gasteiger partial charge in [-0.05, 0) is 101 Å². The maximum Gasteiger partial charge on any atom is -0.00921 e. The molecule has 0 spiro atoms. The van der Waals surface area contributed by atoms with Crippen molar-refractivity contribution in [1.82, 2.24) is 0 Å². The van der Waals surface area contributed by atoms with E-state index in [1.165, 1.54) is 76.8 Å². The van der Waals surface area contributed by atoms with Gasteiger partial charge in [-0.1, -0.05) is 146 Å². The minimum atomic E-state index is 1.23. The summed E-state index contributed by atoms with van der Waals surface area (Å²) in [6, 6.07) is 61.8. The molecule has 0 unspecified atom stereocenters. The van der Waals surface area contributed by atoms with E-state index < -0.39 is 0 Å². The first-order valence-electron chi connectivity index (χ1n) is 14.5. The van der Waals surface area contributed by atoms with Gasteiger partial charge in [-0.3, -0.25) is 0 Å². The van der Waals surface area contributed by atoms with Crippen LogP contribution in [0.3, 0.4) is 0 Å². The Morgan fingerprint density at radius 1 is 0.190 bits per heavy atom. The van der Waals surface area contributed by atoms with Crippen molar-refractivity contribution >= 4 is 32.3 Å². The molecule has 0 amide bonds. The van der Waals surface area contributed by atoms with Crippen LogP contribution in [0.25, 0.3) is 76.8 Å². The van der Waals surface area contributed by atoms with Crippen molar-refractivity contribution < 1.29 is 0 Å². The van der Waals surface area contributed by atoms with E-state index in [4.69, 9.17) is 0 Å². The minimum Gasteiger partial charge on any atom is -0.0622 e. The molecule has 0 N–H and O–H groups in total. The van der Waals surface area contributed by atoms with E-state index in [1.54, 1.807) is 0 Å². The van der Waals surface area contributed by atoms with Gasteiger partial charge in [-0.2, -0.15) is 0 Å². The summed E-state index contributed by atoms with van der Waals surface area (Å²) in [5, 5.41) is 7.64. The predicted molar refractivity (Wildman–Crippen MR) is 181 cm³/mol. The number of benzene rings is 8. The second kappa shape index (κ2) is 10.2. The molecule has 0 aliphatic heterocycles. The summed E-state index contributed by atoms with van der Waals surface area (Å²) < 4.78 is 0. The van der Waals surface area contributed by atoms with E-state index in [1.807, 2.05) is 0 Å². The molecule has 0 heterocycles. The van der Waals surface area contributed by atoms with Crippen LogP contribution in [0.1, 0.15) is 0 Å². The number of hydrogen-bond donors (Lipinski definition) is 0. The standard InChI is InChI=1S/C42H28/c1-5-13-29(14-6-1)33-21-23-35-37(31-17-9-3-10-18-31)28-42-40-26-34(30-15-7-2-8-16-30)22-24-36(40)38(27-41(42)39(35)25-33)32-19-11-4-12-20-32/h1-28H. The van der Waals surface area contributed by atoms with Gasteiger partial charge in [0.25, 0.3) is 0 Å². The van der Waals surface area contributed by atoms with Gasteiger partial charge in [0.2, 0.25) is 0 Å². The Bertz CT molecular complexity index is 2030. The van der Waals surface area contributed by atoms with E-state index in [2.05, 4.69) is 170 Å². The van der Waals surface area contributed by atoms with E-state index in [0.717, 1.165) is 0 Å². The zero-order chi connectivity index (χ0) is 27.9. The predicted octanol–water partition coefficient (Wildman–Crippen LogP) is 11.8. The van der Waals surface area contributed by atoms with Crippen LogP contribution in [0, 0.1) is 0 Å². The third-order valence-corrected chi connectivity index (χ3v) is 8.45. The summed E-state index contributed by atoms with van der Waals surface area (Å²) in [7, 11) is 0. The SMILES string of the molecule is c1ccc(-c2ccc3c(-c4ccccc4)cc4c5cc(-c6ccccc6)ccc5c(-c5ccccc5)cc4c3c2)cc1. The highest BCUT2D eigenvalue weighted by atomic mass is 14.2. The highest BCUT2D eigenvalue weighted by Gasteiger charge is 2.16. The highest BCUT2D eigenvalue weighted by Crippen LogP contribution is 2.43. The lowest BCUT2D eigenvalue weighted by Gasteiger charge is -2.18. The average Bonchev–Trinajstić information content (AvgIpc) is 3.08. The van der Waals surface area contributed by atoms with Gasteiger partial charge in [0, 0.05) is 0 Å². The molecule has 0 aromatic heterocycles. The van der Waals surface area contributed by atoms with Crippen molar-refractivity contribution in [3.63, 3.8) is 0 Å². The Morgan fingerprint density at radius 3 is 0.857 bits per heavy atom. The maximum atomic E-state index is 2.42. The normalized spacial score (nSPS) is 11.3. The molecule has 42 heavy (non-hydrogen) atoms. The number of rotatable bonds is 4. The molecule has 8 rings (SSSR count). The van der Waals surface area contributed by atoms with Gasteiger partial charge in [0.1, 0.15) is 0 Å². The monoisotopic (exact) mass is 532 g/mol. The van der Waals surface area contributed by atoms with Gasteiger partial charge < -0.3 is 0 Å². The van der Waals surface area contributed by atoms with Gasteiger partial charge in [-0.25, -0.2) is 0 Å². The van der Waals surface area contributed by atoms with E-state index in [9.17, 15) is 0 Å². The summed E-state index contributed by atoms with van der Waals surface area (Å²) in [5.74, 6) is 0. The molecule has 196 valence electrons. The largest absolute Gasteiger partial charge is 0.0622 e. The third-order valence-electron chi connectivity index (χ3n) is 8.45. The Labute approximate surface area is 246 Å². The van der Waals surface area contributed by atoms with E-state index >= 15 is 0 Å². The maximum absolute atomic E-state index is 2.42. The summed E-state index contributed by atoms with van der Waals surface area (Å²) in [4.78, 5) is 0. The topological polar surface area (TPSA) is 0 Å². The van der Waals surface area contributed by atoms with Crippen molar-refractivity contribution in [2.24, 2.45) is 0 Å². The summed E-state index contributed by atoms with van der Waals surface area (Å²) >= 11 is 0. The molecule has 0 nitrogen and oxygen atoms in total. The average molecular weight is 533 g/mol. The van der Waals surface area contributed by atoms with E-state index in [0.29, 0.717) is 0 Å². The molecule has 8 aromatic carbocycles. The summed E-state index contributed by atoms with van der Waals surface area (Å²) in [6.45, 7) is 0. The zero-order valence-electron chi connectivity index (χ0n) is 23.2. The molecule has 0 saturated carbocycles. The fraction of sp³-hybridized carbons (Fsp3) is 0. The van der Waals surface area contributed by atoms with Gasteiger partial charge in [-0.15, -0.1) is 0 Å². The van der Waals surface area contributed by atoms with E-state index in [-0.39, 0.29) is 0 Å². The van der Waals surface area contributed by atoms with Crippen LogP contribution in [0.5, 0.6) is 0 Å². The van der Waals surface area contributed by atoms with Gasteiger partial charge >= 0.3 is 0 Å².